The van der Waals surface area contributed by atoms with Gasteiger partial charge in [-0.15, -0.1) is 11.8 Å². The van der Waals surface area contributed by atoms with Crippen LogP contribution in [0.3, 0.4) is 0 Å². The van der Waals surface area contributed by atoms with Gasteiger partial charge in [-0.25, -0.2) is 8.78 Å². The Hall–Kier alpha value is -2.86. The summed E-state index contributed by atoms with van der Waals surface area (Å²) >= 11 is 1.19. The zero-order valence-electron chi connectivity index (χ0n) is 16.2. The van der Waals surface area contributed by atoms with Gasteiger partial charge in [0.1, 0.15) is 0 Å². The molecule has 0 unspecified atom stereocenters. The molecule has 6 heteroatoms. The summed E-state index contributed by atoms with van der Waals surface area (Å²) in [5.41, 5.74) is 2.70. The average molecular weight is 413 g/mol. The van der Waals surface area contributed by atoms with Gasteiger partial charge in [0, 0.05) is 28.0 Å². The van der Waals surface area contributed by atoms with Gasteiger partial charge in [0.2, 0.25) is 5.91 Å². The third kappa shape index (κ3) is 5.57. The van der Waals surface area contributed by atoms with E-state index in [1.165, 1.54) is 17.8 Å². The lowest BCUT2D eigenvalue weighted by molar-refractivity contribution is -0.116. The van der Waals surface area contributed by atoms with Crippen LogP contribution in [0.2, 0.25) is 0 Å². The standard InChI is InChI=1S/C23H22F2N2OS/c1-16(2)27(23(28)15-29-20-12-13-21(24)22(25)14-20)19-10-8-18(9-11-19)26-17-6-4-3-5-7-17/h3-14,16,26H,15H2,1-2H3. The highest BCUT2D eigenvalue weighted by molar-refractivity contribution is 8.00. The van der Waals surface area contributed by atoms with Crippen LogP contribution in [0, 0.1) is 11.6 Å². The Bertz CT molecular complexity index is 962. The molecule has 1 N–H and O–H groups in total. The molecule has 3 aromatic carbocycles. The Kier molecular flexibility index (Phi) is 6.88. The number of nitrogens with one attached hydrogen (secondary N) is 1. The molecular weight excluding hydrogens is 390 g/mol. The summed E-state index contributed by atoms with van der Waals surface area (Å²) in [5.74, 6) is -1.77. The van der Waals surface area contributed by atoms with Gasteiger partial charge in [0.05, 0.1) is 5.75 Å². The molecule has 0 bridgehead atoms. The number of carbonyl (C=O) groups is 1. The van der Waals surface area contributed by atoms with Crippen LogP contribution in [0.5, 0.6) is 0 Å². The van der Waals surface area contributed by atoms with Crippen LogP contribution in [0.25, 0.3) is 0 Å². The van der Waals surface area contributed by atoms with Crippen LogP contribution in [0.1, 0.15) is 13.8 Å². The number of hydrogen-bond acceptors (Lipinski definition) is 3. The summed E-state index contributed by atoms with van der Waals surface area (Å²) in [5, 5.41) is 3.31. The maximum Gasteiger partial charge on any atom is 0.237 e. The number of amides is 1. The van der Waals surface area contributed by atoms with E-state index >= 15 is 0 Å². The first-order valence-electron chi connectivity index (χ1n) is 9.26. The predicted molar refractivity (Wildman–Crippen MR) is 116 cm³/mol. The Morgan fingerprint density at radius 1 is 0.931 bits per heavy atom. The molecule has 0 aliphatic heterocycles. The molecule has 1 amide bonds. The molecule has 3 rings (SSSR count). The van der Waals surface area contributed by atoms with Crippen molar-refractivity contribution in [2.45, 2.75) is 24.8 Å². The quantitative estimate of drug-likeness (QED) is 0.466. The van der Waals surface area contributed by atoms with Crippen molar-refractivity contribution in [2.24, 2.45) is 0 Å². The molecule has 0 aromatic heterocycles. The number of carbonyl (C=O) groups excluding carboxylic acids is 1. The third-order valence-electron chi connectivity index (χ3n) is 4.25. The van der Waals surface area contributed by atoms with Crippen molar-refractivity contribution in [3.8, 4) is 0 Å². The van der Waals surface area contributed by atoms with Crippen LogP contribution < -0.4 is 10.2 Å². The van der Waals surface area contributed by atoms with E-state index < -0.39 is 11.6 Å². The summed E-state index contributed by atoms with van der Waals surface area (Å²) in [6.45, 7) is 3.88. The van der Waals surface area contributed by atoms with Gasteiger partial charge in [0.25, 0.3) is 0 Å². The molecule has 0 atom stereocenters. The molecule has 3 aromatic rings. The minimum atomic E-state index is -0.912. The van der Waals surface area contributed by atoms with E-state index in [2.05, 4.69) is 5.32 Å². The summed E-state index contributed by atoms with van der Waals surface area (Å²) in [6.07, 6.45) is 0. The molecule has 3 nitrogen and oxygen atoms in total. The Balaban J connectivity index is 1.68. The van der Waals surface area contributed by atoms with Crippen molar-refractivity contribution in [1.29, 1.82) is 0 Å². The summed E-state index contributed by atoms with van der Waals surface area (Å²) in [7, 11) is 0. The van der Waals surface area contributed by atoms with Gasteiger partial charge < -0.3 is 10.2 Å². The maximum absolute atomic E-state index is 13.4. The second-order valence-corrected chi connectivity index (χ2v) is 7.81. The number of nitrogens with zero attached hydrogens (tertiary/aromatic N) is 1. The monoisotopic (exact) mass is 412 g/mol. The van der Waals surface area contributed by atoms with Crippen LogP contribution in [-0.2, 0) is 4.79 Å². The largest absolute Gasteiger partial charge is 0.356 e. The van der Waals surface area contributed by atoms with Crippen molar-refractivity contribution in [3.63, 3.8) is 0 Å². The maximum atomic E-state index is 13.4. The van der Waals surface area contributed by atoms with Gasteiger partial charge in [-0.1, -0.05) is 18.2 Å². The molecule has 0 saturated heterocycles. The molecule has 29 heavy (non-hydrogen) atoms. The average Bonchev–Trinajstić information content (AvgIpc) is 2.71. The summed E-state index contributed by atoms with van der Waals surface area (Å²) in [6, 6.07) is 21.1. The number of halogens is 2. The first-order valence-corrected chi connectivity index (χ1v) is 10.2. The lowest BCUT2D eigenvalue weighted by atomic mass is 10.2. The minimum Gasteiger partial charge on any atom is -0.356 e. The lowest BCUT2D eigenvalue weighted by Gasteiger charge is -2.27. The van der Waals surface area contributed by atoms with Crippen molar-refractivity contribution < 1.29 is 13.6 Å². The lowest BCUT2D eigenvalue weighted by Crippen LogP contribution is -2.38. The number of benzene rings is 3. The first kappa shape index (κ1) is 20.9. The topological polar surface area (TPSA) is 32.3 Å². The second-order valence-electron chi connectivity index (χ2n) is 6.76. The Morgan fingerprint density at radius 3 is 2.21 bits per heavy atom. The number of anilines is 3. The van der Waals surface area contributed by atoms with Crippen LogP contribution >= 0.6 is 11.8 Å². The Labute approximate surface area is 173 Å². The fourth-order valence-corrected chi connectivity index (χ4v) is 3.69. The molecule has 0 fully saturated rings. The van der Waals surface area contributed by atoms with E-state index in [9.17, 15) is 13.6 Å². The molecule has 0 radical (unpaired) electrons. The van der Waals surface area contributed by atoms with Crippen LogP contribution in [0.4, 0.5) is 25.8 Å². The number of para-hydroxylation sites is 1. The number of hydrogen-bond donors (Lipinski definition) is 1. The van der Waals surface area contributed by atoms with Crippen molar-refractivity contribution in [3.05, 3.63) is 84.4 Å². The molecule has 0 spiro atoms. The fourth-order valence-electron chi connectivity index (χ4n) is 2.90. The molecular formula is C23H22F2N2OS. The summed E-state index contributed by atoms with van der Waals surface area (Å²) < 4.78 is 26.4. The highest BCUT2D eigenvalue weighted by atomic mass is 32.2. The van der Waals surface area contributed by atoms with E-state index in [0.29, 0.717) is 4.90 Å². The summed E-state index contributed by atoms with van der Waals surface area (Å²) in [4.78, 5) is 15.0. The zero-order chi connectivity index (χ0) is 20.8. The van der Waals surface area contributed by atoms with Crippen molar-refractivity contribution in [1.82, 2.24) is 0 Å². The highest BCUT2D eigenvalue weighted by Gasteiger charge is 2.19. The highest BCUT2D eigenvalue weighted by Crippen LogP contribution is 2.25. The fraction of sp³-hybridized carbons (Fsp3) is 0.174. The molecule has 0 heterocycles. The first-order chi connectivity index (χ1) is 13.9. The van der Waals surface area contributed by atoms with Gasteiger partial charge >= 0.3 is 0 Å². The van der Waals surface area contributed by atoms with Crippen molar-refractivity contribution in [2.75, 3.05) is 16.0 Å². The molecule has 0 aliphatic rings. The van der Waals surface area contributed by atoms with E-state index in [0.717, 1.165) is 29.2 Å². The van der Waals surface area contributed by atoms with E-state index in [1.807, 2.05) is 68.4 Å². The molecule has 0 aliphatic carbocycles. The normalized spacial score (nSPS) is 10.8. The molecule has 150 valence electrons. The zero-order valence-corrected chi connectivity index (χ0v) is 17.0. The predicted octanol–water partition coefficient (Wildman–Crippen LogP) is 6.24. The van der Waals surface area contributed by atoms with E-state index in [-0.39, 0.29) is 17.7 Å². The smallest absolute Gasteiger partial charge is 0.237 e. The number of rotatable bonds is 7. The minimum absolute atomic E-state index is 0.0408. The van der Waals surface area contributed by atoms with Gasteiger partial charge in [-0.2, -0.15) is 0 Å². The van der Waals surface area contributed by atoms with Gasteiger partial charge in [0.15, 0.2) is 11.6 Å². The van der Waals surface area contributed by atoms with Gasteiger partial charge in [-0.05, 0) is 68.4 Å². The van der Waals surface area contributed by atoms with Crippen molar-refractivity contribution >= 4 is 34.7 Å². The van der Waals surface area contributed by atoms with Crippen LogP contribution in [-0.4, -0.2) is 17.7 Å². The molecule has 0 saturated carbocycles. The number of thioether (sulfide) groups is 1. The third-order valence-corrected chi connectivity index (χ3v) is 5.22. The van der Waals surface area contributed by atoms with E-state index in [1.54, 1.807) is 4.90 Å². The van der Waals surface area contributed by atoms with E-state index in [4.69, 9.17) is 0 Å². The van der Waals surface area contributed by atoms with Gasteiger partial charge in [-0.3, -0.25) is 4.79 Å². The Morgan fingerprint density at radius 2 is 1.59 bits per heavy atom. The van der Waals surface area contributed by atoms with Crippen LogP contribution in [0.15, 0.2) is 77.7 Å². The SMILES string of the molecule is CC(C)N(C(=O)CSc1ccc(F)c(F)c1)c1ccc(Nc2ccccc2)cc1. The second kappa shape index (κ2) is 9.56.